The number of nitrogens with zero attached hydrogens (tertiary/aromatic N) is 1. The lowest BCUT2D eigenvalue weighted by Gasteiger charge is -2.03. The van der Waals surface area contributed by atoms with Crippen LogP contribution in [0.25, 0.3) is 0 Å². The Balaban J connectivity index is 1.90. The zero-order valence-electron chi connectivity index (χ0n) is 13.4. The SMILES string of the molecule is CCCNC(=O)c1sc(CC(=O)NCc2ccccc2)nc1C. The van der Waals surface area contributed by atoms with E-state index in [0.29, 0.717) is 28.7 Å². The Labute approximate surface area is 140 Å². The first kappa shape index (κ1) is 17.1. The molecule has 0 radical (unpaired) electrons. The van der Waals surface area contributed by atoms with Gasteiger partial charge in [0, 0.05) is 13.1 Å². The number of amides is 2. The third-order valence-electron chi connectivity index (χ3n) is 3.23. The number of thiazole rings is 1. The Hall–Kier alpha value is -2.21. The molecule has 0 aliphatic carbocycles. The molecule has 1 heterocycles. The monoisotopic (exact) mass is 331 g/mol. The van der Waals surface area contributed by atoms with Crippen LogP contribution in [0, 0.1) is 6.92 Å². The molecule has 6 heteroatoms. The smallest absolute Gasteiger partial charge is 0.263 e. The zero-order valence-corrected chi connectivity index (χ0v) is 14.2. The van der Waals surface area contributed by atoms with Gasteiger partial charge >= 0.3 is 0 Å². The van der Waals surface area contributed by atoms with Gasteiger partial charge in [-0.25, -0.2) is 4.98 Å². The zero-order chi connectivity index (χ0) is 16.7. The highest BCUT2D eigenvalue weighted by atomic mass is 32.1. The summed E-state index contributed by atoms with van der Waals surface area (Å²) >= 11 is 1.28. The Morgan fingerprint density at radius 2 is 1.91 bits per heavy atom. The van der Waals surface area contributed by atoms with Crippen molar-refractivity contribution >= 4 is 23.2 Å². The Morgan fingerprint density at radius 1 is 1.17 bits per heavy atom. The fourth-order valence-electron chi connectivity index (χ4n) is 2.05. The van der Waals surface area contributed by atoms with E-state index >= 15 is 0 Å². The Kier molecular flexibility index (Phi) is 6.29. The summed E-state index contributed by atoms with van der Waals surface area (Å²) in [4.78, 5) is 28.9. The molecule has 5 nitrogen and oxygen atoms in total. The van der Waals surface area contributed by atoms with Gasteiger partial charge in [0.15, 0.2) is 0 Å². The van der Waals surface area contributed by atoms with Gasteiger partial charge in [-0.05, 0) is 18.9 Å². The highest BCUT2D eigenvalue weighted by Crippen LogP contribution is 2.18. The highest BCUT2D eigenvalue weighted by molar-refractivity contribution is 7.13. The minimum Gasteiger partial charge on any atom is -0.352 e. The molecule has 2 aromatic rings. The number of aromatic nitrogens is 1. The van der Waals surface area contributed by atoms with Crippen LogP contribution in [-0.4, -0.2) is 23.3 Å². The van der Waals surface area contributed by atoms with Gasteiger partial charge in [0.05, 0.1) is 12.1 Å². The molecule has 0 spiro atoms. The predicted octanol–water partition coefficient (Wildman–Crippen LogP) is 2.45. The third-order valence-corrected chi connectivity index (χ3v) is 4.38. The standard InChI is InChI=1S/C17H21N3O2S/c1-3-9-18-17(22)16-12(2)20-15(23-16)10-14(21)19-11-13-7-5-4-6-8-13/h4-8H,3,9-11H2,1-2H3,(H,18,22)(H,19,21). The number of benzene rings is 1. The van der Waals surface area contributed by atoms with E-state index in [1.807, 2.05) is 37.3 Å². The second-order valence-corrected chi connectivity index (χ2v) is 6.30. The Bertz CT molecular complexity index is 668. The summed E-state index contributed by atoms with van der Waals surface area (Å²) in [6.45, 7) is 4.93. The molecule has 0 aliphatic rings. The van der Waals surface area contributed by atoms with Crippen molar-refractivity contribution in [1.29, 1.82) is 0 Å². The number of nitrogens with one attached hydrogen (secondary N) is 2. The summed E-state index contributed by atoms with van der Waals surface area (Å²) in [7, 11) is 0. The van der Waals surface area contributed by atoms with Gasteiger partial charge in [-0.3, -0.25) is 9.59 Å². The van der Waals surface area contributed by atoms with Crippen molar-refractivity contribution in [2.75, 3.05) is 6.54 Å². The van der Waals surface area contributed by atoms with E-state index in [4.69, 9.17) is 0 Å². The van der Waals surface area contributed by atoms with Crippen molar-refractivity contribution < 1.29 is 9.59 Å². The van der Waals surface area contributed by atoms with Crippen LogP contribution in [0.4, 0.5) is 0 Å². The van der Waals surface area contributed by atoms with E-state index in [1.54, 1.807) is 6.92 Å². The summed E-state index contributed by atoms with van der Waals surface area (Å²) in [6, 6.07) is 9.74. The van der Waals surface area contributed by atoms with Crippen LogP contribution >= 0.6 is 11.3 Å². The molecule has 1 aromatic heterocycles. The molecule has 0 fully saturated rings. The van der Waals surface area contributed by atoms with Crippen LogP contribution in [0.1, 0.15) is 39.3 Å². The molecule has 2 N–H and O–H groups in total. The lowest BCUT2D eigenvalue weighted by Crippen LogP contribution is -2.24. The fraction of sp³-hybridized carbons (Fsp3) is 0.353. The van der Waals surface area contributed by atoms with Crippen LogP contribution in [0.5, 0.6) is 0 Å². The molecule has 122 valence electrons. The lowest BCUT2D eigenvalue weighted by atomic mass is 10.2. The molecule has 0 unspecified atom stereocenters. The Morgan fingerprint density at radius 3 is 2.61 bits per heavy atom. The number of aryl methyl sites for hydroxylation is 1. The average Bonchev–Trinajstić information content (AvgIpc) is 2.92. The van der Waals surface area contributed by atoms with E-state index in [2.05, 4.69) is 15.6 Å². The van der Waals surface area contributed by atoms with E-state index in [9.17, 15) is 9.59 Å². The van der Waals surface area contributed by atoms with Crippen molar-refractivity contribution in [2.45, 2.75) is 33.2 Å². The highest BCUT2D eigenvalue weighted by Gasteiger charge is 2.16. The van der Waals surface area contributed by atoms with Gasteiger partial charge in [-0.2, -0.15) is 0 Å². The van der Waals surface area contributed by atoms with Gasteiger partial charge in [0.1, 0.15) is 9.88 Å². The summed E-state index contributed by atoms with van der Waals surface area (Å²) in [5.41, 5.74) is 1.73. The van der Waals surface area contributed by atoms with Gasteiger partial charge < -0.3 is 10.6 Å². The number of hydrogen-bond acceptors (Lipinski definition) is 4. The number of hydrogen-bond donors (Lipinski definition) is 2. The van der Waals surface area contributed by atoms with E-state index < -0.39 is 0 Å². The maximum absolute atomic E-state index is 12.0. The largest absolute Gasteiger partial charge is 0.352 e. The van der Waals surface area contributed by atoms with Crippen LogP contribution < -0.4 is 10.6 Å². The molecule has 1 aromatic carbocycles. The second kappa shape index (κ2) is 8.43. The third kappa shape index (κ3) is 5.17. The van der Waals surface area contributed by atoms with Crippen molar-refractivity contribution in [3.63, 3.8) is 0 Å². The first-order valence-corrected chi connectivity index (χ1v) is 8.47. The maximum Gasteiger partial charge on any atom is 0.263 e. The van der Waals surface area contributed by atoms with Gasteiger partial charge in [-0.1, -0.05) is 37.3 Å². The second-order valence-electron chi connectivity index (χ2n) is 5.22. The molecular weight excluding hydrogens is 310 g/mol. The molecule has 0 atom stereocenters. The van der Waals surface area contributed by atoms with Crippen molar-refractivity contribution in [3.8, 4) is 0 Å². The summed E-state index contributed by atoms with van der Waals surface area (Å²) in [6.07, 6.45) is 1.08. The molecule has 2 amide bonds. The molecule has 0 aliphatic heterocycles. The molecule has 23 heavy (non-hydrogen) atoms. The van der Waals surface area contributed by atoms with Crippen LogP contribution in [0.2, 0.25) is 0 Å². The molecule has 0 bridgehead atoms. The number of rotatable bonds is 7. The summed E-state index contributed by atoms with van der Waals surface area (Å²) < 4.78 is 0. The quantitative estimate of drug-likeness (QED) is 0.819. The average molecular weight is 331 g/mol. The van der Waals surface area contributed by atoms with Crippen molar-refractivity contribution in [3.05, 3.63) is 51.5 Å². The molecule has 2 rings (SSSR count). The van der Waals surface area contributed by atoms with E-state index in [1.165, 1.54) is 11.3 Å². The lowest BCUT2D eigenvalue weighted by molar-refractivity contribution is -0.120. The number of carbonyl (C=O) groups excluding carboxylic acids is 2. The van der Waals surface area contributed by atoms with Crippen molar-refractivity contribution in [1.82, 2.24) is 15.6 Å². The first-order chi connectivity index (χ1) is 11.1. The summed E-state index contributed by atoms with van der Waals surface area (Å²) in [5.74, 6) is -0.207. The first-order valence-electron chi connectivity index (χ1n) is 7.65. The number of carbonyl (C=O) groups is 2. The maximum atomic E-state index is 12.0. The topological polar surface area (TPSA) is 71.1 Å². The van der Waals surface area contributed by atoms with E-state index in [-0.39, 0.29) is 18.2 Å². The fourth-order valence-corrected chi connectivity index (χ4v) is 3.03. The van der Waals surface area contributed by atoms with Crippen molar-refractivity contribution in [2.24, 2.45) is 0 Å². The van der Waals surface area contributed by atoms with Crippen LogP contribution in [0.15, 0.2) is 30.3 Å². The minimum absolute atomic E-state index is 0.0943. The van der Waals surface area contributed by atoms with Gasteiger partial charge in [-0.15, -0.1) is 11.3 Å². The van der Waals surface area contributed by atoms with Gasteiger partial charge in [0.2, 0.25) is 5.91 Å². The summed E-state index contributed by atoms with van der Waals surface area (Å²) in [5, 5.41) is 6.36. The van der Waals surface area contributed by atoms with E-state index in [0.717, 1.165) is 12.0 Å². The van der Waals surface area contributed by atoms with Crippen LogP contribution in [0.3, 0.4) is 0 Å². The van der Waals surface area contributed by atoms with Crippen LogP contribution in [-0.2, 0) is 17.8 Å². The normalized spacial score (nSPS) is 10.3. The molecule has 0 saturated carbocycles. The molecular formula is C17H21N3O2S. The molecule has 0 saturated heterocycles. The minimum atomic E-state index is -0.113. The van der Waals surface area contributed by atoms with Gasteiger partial charge in [0.25, 0.3) is 5.91 Å². The predicted molar refractivity (Wildman–Crippen MR) is 91.5 cm³/mol.